The molecule has 3 nitrogen and oxygen atoms in total. The summed E-state index contributed by atoms with van der Waals surface area (Å²) in [5.41, 5.74) is 7.70. The van der Waals surface area contributed by atoms with Crippen molar-refractivity contribution >= 4 is 22.4 Å². The zero-order chi connectivity index (χ0) is 11.5. The topological polar surface area (TPSA) is 51.3 Å². The van der Waals surface area contributed by atoms with E-state index in [1.54, 1.807) is 6.20 Å². The Labute approximate surface area is 95.0 Å². The SMILES string of the molecule is CC(C)C(N)=Nc1cccc2ncccc12. The maximum absolute atomic E-state index is 5.87. The van der Waals surface area contributed by atoms with Crippen molar-refractivity contribution in [3.8, 4) is 0 Å². The summed E-state index contributed by atoms with van der Waals surface area (Å²) in [6, 6.07) is 9.79. The van der Waals surface area contributed by atoms with E-state index in [1.807, 2.05) is 44.2 Å². The summed E-state index contributed by atoms with van der Waals surface area (Å²) in [6.07, 6.45) is 1.78. The Morgan fingerprint density at radius 3 is 2.81 bits per heavy atom. The Bertz CT molecular complexity index is 524. The lowest BCUT2D eigenvalue weighted by molar-refractivity contribution is 0.873. The van der Waals surface area contributed by atoms with Crippen LogP contribution in [-0.2, 0) is 0 Å². The predicted molar refractivity (Wildman–Crippen MR) is 67.9 cm³/mol. The highest BCUT2D eigenvalue weighted by Crippen LogP contribution is 2.24. The van der Waals surface area contributed by atoms with Gasteiger partial charge in [0.25, 0.3) is 0 Å². The van der Waals surface area contributed by atoms with Crippen molar-refractivity contribution < 1.29 is 0 Å². The van der Waals surface area contributed by atoms with Crippen molar-refractivity contribution in [1.29, 1.82) is 0 Å². The first-order valence-corrected chi connectivity index (χ1v) is 5.36. The van der Waals surface area contributed by atoms with E-state index in [-0.39, 0.29) is 5.92 Å². The Balaban J connectivity index is 2.57. The molecule has 0 aliphatic rings. The minimum Gasteiger partial charge on any atom is -0.387 e. The first kappa shape index (κ1) is 10.6. The minimum absolute atomic E-state index is 0.256. The molecule has 0 atom stereocenters. The average Bonchev–Trinajstić information content (AvgIpc) is 2.29. The molecular formula is C13H15N3. The van der Waals surface area contributed by atoms with Crippen LogP contribution in [0.4, 0.5) is 5.69 Å². The van der Waals surface area contributed by atoms with Gasteiger partial charge in [0.05, 0.1) is 11.2 Å². The molecule has 3 heteroatoms. The van der Waals surface area contributed by atoms with Crippen molar-refractivity contribution in [2.45, 2.75) is 13.8 Å². The van der Waals surface area contributed by atoms with Gasteiger partial charge in [-0.15, -0.1) is 0 Å². The summed E-state index contributed by atoms with van der Waals surface area (Å²) in [4.78, 5) is 8.73. The molecule has 0 saturated carbocycles. The van der Waals surface area contributed by atoms with Gasteiger partial charge in [0.15, 0.2) is 0 Å². The molecule has 82 valence electrons. The highest BCUT2D eigenvalue weighted by atomic mass is 14.9. The number of nitrogens with two attached hydrogens (primary N) is 1. The molecule has 2 aromatic rings. The minimum atomic E-state index is 0.256. The van der Waals surface area contributed by atoms with Crippen LogP contribution in [0.15, 0.2) is 41.5 Å². The second-order valence-electron chi connectivity index (χ2n) is 4.04. The predicted octanol–water partition coefficient (Wildman–Crippen LogP) is 2.88. The number of aliphatic imine (C=N–C) groups is 1. The molecule has 0 radical (unpaired) electrons. The van der Waals surface area contributed by atoms with Crippen molar-refractivity contribution in [3.05, 3.63) is 36.5 Å². The maximum atomic E-state index is 5.87. The van der Waals surface area contributed by atoms with E-state index in [2.05, 4.69) is 9.98 Å². The maximum Gasteiger partial charge on any atom is 0.102 e. The Kier molecular flexibility index (Phi) is 2.86. The van der Waals surface area contributed by atoms with Gasteiger partial charge in [0.1, 0.15) is 5.84 Å². The summed E-state index contributed by atoms with van der Waals surface area (Å²) in [6.45, 7) is 4.06. The number of fused-ring (bicyclic) bond motifs is 1. The third-order valence-electron chi connectivity index (χ3n) is 2.46. The fourth-order valence-electron chi connectivity index (χ4n) is 1.45. The lowest BCUT2D eigenvalue weighted by Crippen LogP contribution is -2.18. The lowest BCUT2D eigenvalue weighted by atomic mass is 10.1. The molecule has 2 N–H and O–H groups in total. The molecule has 0 spiro atoms. The molecule has 0 bridgehead atoms. The number of rotatable bonds is 2. The van der Waals surface area contributed by atoms with Crippen LogP contribution in [0.1, 0.15) is 13.8 Å². The van der Waals surface area contributed by atoms with Crippen molar-refractivity contribution in [2.75, 3.05) is 0 Å². The van der Waals surface area contributed by atoms with Crippen molar-refractivity contribution in [3.63, 3.8) is 0 Å². The van der Waals surface area contributed by atoms with Gasteiger partial charge in [-0.3, -0.25) is 4.98 Å². The van der Waals surface area contributed by atoms with Crippen LogP contribution in [0.5, 0.6) is 0 Å². The van der Waals surface area contributed by atoms with Gasteiger partial charge in [0.2, 0.25) is 0 Å². The number of pyridine rings is 1. The van der Waals surface area contributed by atoms with Crippen LogP contribution in [0, 0.1) is 5.92 Å². The summed E-state index contributed by atoms with van der Waals surface area (Å²) in [5.74, 6) is 0.906. The summed E-state index contributed by atoms with van der Waals surface area (Å²) < 4.78 is 0. The van der Waals surface area contributed by atoms with E-state index >= 15 is 0 Å². The van der Waals surface area contributed by atoms with Crippen molar-refractivity contribution in [1.82, 2.24) is 4.98 Å². The molecule has 0 fully saturated rings. The smallest absolute Gasteiger partial charge is 0.102 e. The van der Waals surface area contributed by atoms with E-state index in [0.29, 0.717) is 5.84 Å². The number of benzene rings is 1. The Hall–Kier alpha value is -1.90. The van der Waals surface area contributed by atoms with Crippen LogP contribution < -0.4 is 5.73 Å². The van der Waals surface area contributed by atoms with Gasteiger partial charge >= 0.3 is 0 Å². The fraction of sp³-hybridized carbons (Fsp3) is 0.231. The fourth-order valence-corrected chi connectivity index (χ4v) is 1.45. The number of aromatic nitrogens is 1. The Morgan fingerprint density at radius 2 is 2.06 bits per heavy atom. The number of nitrogens with zero attached hydrogens (tertiary/aromatic N) is 2. The standard InChI is InChI=1S/C13H15N3/c1-9(2)13(14)16-12-7-3-6-11-10(12)5-4-8-15-11/h3-9H,1-2H3,(H2,14,16). The highest BCUT2D eigenvalue weighted by molar-refractivity contribution is 5.94. The molecule has 0 amide bonds. The van der Waals surface area contributed by atoms with E-state index in [9.17, 15) is 0 Å². The molecule has 0 unspecified atom stereocenters. The highest BCUT2D eigenvalue weighted by Gasteiger charge is 2.03. The number of hydrogen-bond acceptors (Lipinski definition) is 2. The molecule has 2 rings (SSSR count). The molecule has 1 aromatic heterocycles. The van der Waals surface area contributed by atoms with Crippen LogP contribution in [0.3, 0.4) is 0 Å². The third kappa shape index (κ3) is 2.03. The molecule has 1 aromatic carbocycles. The van der Waals surface area contributed by atoms with Crippen LogP contribution in [-0.4, -0.2) is 10.8 Å². The lowest BCUT2D eigenvalue weighted by Gasteiger charge is -2.05. The van der Waals surface area contributed by atoms with Crippen LogP contribution in [0.25, 0.3) is 10.9 Å². The normalized spacial score (nSPS) is 12.3. The summed E-state index contributed by atoms with van der Waals surface area (Å²) >= 11 is 0. The molecular weight excluding hydrogens is 198 g/mol. The monoisotopic (exact) mass is 213 g/mol. The first-order chi connectivity index (χ1) is 7.68. The van der Waals surface area contributed by atoms with Crippen molar-refractivity contribution in [2.24, 2.45) is 16.6 Å². The van der Waals surface area contributed by atoms with E-state index < -0.39 is 0 Å². The zero-order valence-electron chi connectivity index (χ0n) is 9.51. The van der Waals surface area contributed by atoms with Gasteiger partial charge < -0.3 is 5.73 Å². The second-order valence-corrected chi connectivity index (χ2v) is 4.04. The second kappa shape index (κ2) is 4.31. The van der Waals surface area contributed by atoms with E-state index in [4.69, 9.17) is 5.73 Å². The van der Waals surface area contributed by atoms with Gasteiger partial charge in [0, 0.05) is 17.5 Å². The zero-order valence-corrected chi connectivity index (χ0v) is 9.51. The van der Waals surface area contributed by atoms with Gasteiger partial charge in [-0.1, -0.05) is 19.9 Å². The number of hydrogen-bond donors (Lipinski definition) is 1. The van der Waals surface area contributed by atoms with Crippen LogP contribution in [0.2, 0.25) is 0 Å². The largest absolute Gasteiger partial charge is 0.387 e. The van der Waals surface area contributed by atoms with E-state index in [1.165, 1.54) is 0 Å². The van der Waals surface area contributed by atoms with Crippen LogP contribution >= 0.6 is 0 Å². The Morgan fingerprint density at radius 1 is 1.25 bits per heavy atom. The summed E-state index contributed by atoms with van der Waals surface area (Å²) in [7, 11) is 0. The van der Waals surface area contributed by atoms with E-state index in [0.717, 1.165) is 16.6 Å². The first-order valence-electron chi connectivity index (χ1n) is 5.36. The molecule has 0 aliphatic heterocycles. The van der Waals surface area contributed by atoms with Gasteiger partial charge in [-0.05, 0) is 24.3 Å². The summed E-state index contributed by atoms with van der Waals surface area (Å²) in [5, 5.41) is 1.04. The quantitative estimate of drug-likeness (QED) is 0.616. The third-order valence-corrected chi connectivity index (χ3v) is 2.46. The molecule has 16 heavy (non-hydrogen) atoms. The van der Waals surface area contributed by atoms with Gasteiger partial charge in [-0.2, -0.15) is 0 Å². The number of amidine groups is 1. The molecule has 0 saturated heterocycles. The molecule has 1 heterocycles. The molecule has 0 aliphatic carbocycles. The average molecular weight is 213 g/mol. The van der Waals surface area contributed by atoms with Gasteiger partial charge in [-0.25, -0.2) is 4.99 Å².